The molecule has 2 rings (SSSR count). The van der Waals surface area contributed by atoms with Gasteiger partial charge in [-0.15, -0.1) is 0 Å². The highest BCUT2D eigenvalue weighted by Gasteiger charge is 2.24. The molecule has 0 aliphatic carbocycles. The molecule has 0 spiro atoms. The van der Waals surface area contributed by atoms with Crippen LogP contribution in [-0.2, 0) is 0 Å². The lowest BCUT2D eigenvalue weighted by Crippen LogP contribution is -2.17. The fraction of sp³-hybridized carbons (Fsp3) is 0. The number of benzene rings is 1. The van der Waals surface area contributed by atoms with E-state index >= 15 is 0 Å². The number of nitrogens with zero attached hydrogens (tertiary/aromatic N) is 2. The first-order chi connectivity index (χ1) is 9.92. The Morgan fingerprint density at radius 3 is 2.33 bits per heavy atom. The summed E-state index contributed by atoms with van der Waals surface area (Å²) in [6, 6.07) is 5.02. The standard InChI is InChI=1S/C13H5ClF2N4O/c14-7-1-2-8(15)11(16)10(7)9-5(3-17)12(19)20-13(21)6(9)4-18/h1-2H,(H3,19,20,21). The number of nitrogens with one attached hydrogen (secondary N) is 1. The van der Waals surface area contributed by atoms with Crippen molar-refractivity contribution in [1.82, 2.24) is 4.98 Å². The number of aromatic nitrogens is 1. The molecule has 8 heteroatoms. The quantitative estimate of drug-likeness (QED) is 0.788. The van der Waals surface area contributed by atoms with Crippen molar-refractivity contribution in [3.05, 3.63) is 50.3 Å². The van der Waals surface area contributed by atoms with E-state index in [4.69, 9.17) is 27.9 Å². The van der Waals surface area contributed by atoms with E-state index in [1.165, 1.54) is 0 Å². The van der Waals surface area contributed by atoms with Crippen molar-refractivity contribution in [2.24, 2.45) is 0 Å². The number of nitriles is 2. The highest BCUT2D eigenvalue weighted by molar-refractivity contribution is 6.33. The number of rotatable bonds is 1. The molecule has 0 aliphatic rings. The molecular formula is C13H5ClF2N4O. The SMILES string of the molecule is N#Cc1c(N)[nH]c(=O)c(C#N)c1-c1c(Cl)ccc(F)c1F. The number of nitrogens with two attached hydrogens (primary N) is 1. The van der Waals surface area contributed by atoms with E-state index in [0.29, 0.717) is 0 Å². The van der Waals surface area contributed by atoms with Crippen molar-refractivity contribution in [3.63, 3.8) is 0 Å². The highest BCUT2D eigenvalue weighted by atomic mass is 35.5. The second-order valence-corrected chi connectivity index (χ2v) is 4.34. The van der Waals surface area contributed by atoms with Crippen LogP contribution in [0.4, 0.5) is 14.6 Å². The van der Waals surface area contributed by atoms with Crippen molar-refractivity contribution < 1.29 is 8.78 Å². The van der Waals surface area contributed by atoms with E-state index in [2.05, 4.69) is 4.98 Å². The average Bonchev–Trinajstić information content (AvgIpc) is 2.43. The molecule has 0 saturated heterocycles. The lowest BCUT2D eigenvalue weighted by atomic mass is 9.96. The van der Waals surface area contributed by atoms with Crippen molar-refractivity contribution in [3.8, 4) is 23.3 Å². The molecule has 1 aromatic heterocycles. The molecular weight excluding hydrogens is 302 g/mol. The first-order valence-electron chi connectivity index (χ1n) is 5.42. The molecule has 21 heavy (non-hydrogen) atoms. The van der Waals surface area contributed by atoms with Gasteiger partial charge in [0.25, 0.3) is 5.56 Å². The van der Waals surface area contributed by atoms with Crippen molar-refractivity contribution >= 4 is 17.4 Å². The van der Waals surface area contributed by atoms with Crippen molar-refractivity contribution in [2.75, 3.05) is 5.73 Å². The molecule has 1 heterocycles. The number of halogens is 3. The van der Waals surface area contributed by atoms with Gasteiger partial charge >= 0.3 is 0 Å². The van der Waals surface area contributed by atoms with Gasteiger partial charge in [0, 0.05) is 11.1 Å². The lowest BCUT2D eigenvalue weighted by molar-refractivity contribution is 0.511. The first-order valence-corrected chi connectivity index (χ1v) is 5.80. The number of pyridine rings is 1. The number of hydrogen-bond donors (Lipinski definition) is 2. The topological polar surface area (TPSA) is 106 Å². The lowest BCUT2D eigenvalue weighted by Gasteiger charge is -2.11. The smallest absolute Gasteiger partial charge is 0.268 e. The normalized spacial score (nSPS) is 9.95. The Morgan fingerprint density at radius 1 is 1.14 bits per heavy atom. The summed E-state index contributed by atoms with van der Waals surface area (Å²) >= 11 is 5.82. The molecule has 0 saturated carbocycles. The molecule has 0 radical (unpaired) electrons. The van der Waals surface area contributed by atoms with Gasteiger partial charge in [0.15, 0.2) is 11.6 Å². The number of hydrogen-bond acceptors (Lipinski definition) is 4. The highest BCUT2D eigenvalue weighted by Crippen LogP contribution is 2.36. The summed E-state index contributed by atoms with van der Waals surface area (Å²) in [7, 11) is 0. The molecule has 2 aromatic rings. The summed E-state index contributed by atoms with van der Waals surface area (Å²) in [5, 5.41) is 17.9. The number of aromatic amines is 1. The minimum absolute atomic E-state index is 0.257. The number of nitrogen functional groups attached to an aromatic ring is 1. The Labute approximate surface area is 121 Å². The summed E-state index contributed by atoms with van der Waals surface area (Å²) in [4.78, 5) is 13.8. The fourth-order valence-electron chi connectivity index (χ4n) is 1.85. The summed E-state index contributed by atoms with van der Waals surface area (Å²) in [6.45, 7) is 0. The van der Waals surface area contributed by atoms with Gasteiger partial charge in [0.05, 0.1) is 5.02 Å². The predicted molar refractivity (Wildman–Crippen MR) is 71.3 cm³/mol. The largest absolute Gasteiger partial charge is 0.384 e. The molecule has 0 atom stereocenters. The van der Waals surface area contributed by atoms with Gasteiger partial charge < -0.3 is 10.7 Å². The molecule has 0 bridgehead atoms. The van der Waals surface area contributed by atoms with Gasteiger partial charge in [-0.25, -0.2) is 8.78 Å². The van der Waals surface area contributed by atoms with Crippen LogP contribution in [0.1, 0.15) is 11.1 Å². The summed E-state index contributed by atoms with van der Waals surface area (Å²) in [5.74, 6) is -2.97. The summed E-state index contributed by atoms with van der Waals surface area (Å²) < 4.78 is 27.4. The van der Waals surface area contributed by atoms with Gasteiger partial charge in [-0.2, -0.15) is 10.5 Å². The van der Waals surface area contributed by atoms with E-state index in [0.717, 1.165) is 12.1 Å². The summed E-state index contributed by atoms with van der Waals surface area (Å²) in [5.41, 5.74) is 2.64. The Hall–Kier alpha value is -2.90. The molecule has 1 aromatic carbocycles. The van der Waals surface area contributed by atoms with E-state index in [-0.39, 0.29) is 16.4 Å². The fourth-order valence-corrected chi connectivity index (χ4v) is 2.09. The van der Waals surface area contributed by atoms with E-state index in [1.807, 2.05) is 0 Å². The summed E-state index contributed by atoms with van der Waals surface area (Å²) in [6.07, 6.45) is 0. The third kappa shape index (κ3) is 2.20. The Kier molecular flexibility index (Phi) is 3.62. The van der Waals surface area contributed by atoms with Gasteiger partial charge in [-0.1, -0.05) is 11.6 Å². The Bertz CT molecular complexity index is 893. The maximum atomic E-state index is 14.0. The zero-order valence-corrected chi connectivity index (χ0v) is 10.9. The molecule has 0 fully saturated rings. The minimum atomic E-state index is -1.37. The van der Waals surface area contributed by atoms with Crippen molar-refractivity contribution in [2.45, 2.75) is 0 Å². The molecule has 0 unspecified atom stereocenters. The Balaban J connectivity index is 3.09. The average molecular weight is 307 g/mol. The van der Waals surface area contributed by atoms with E-state index in [1.54, 1.807) is 12.1 Å². The van der Waals surface area contributed by atoms with Crippen LogP contribution in [0, 0.1) is 34.3 Å². The monoisotopic (exact) mass is 306 g/mol. The van der Waals surface area contributed by atoms with Crippen LogP contribution >= 0.6 is 11.6 Å². The molecule has 104 valence electrons. The predicted octanol–water partition coefficient (Wildman–Crippen LogP) is 2.30. The van der Waals surface area contributed by atoms with Gasteiger partial charge in [0.1, 0.15) is 29.1 Å². The number of anilines is 1. The molecule has 5 nitrogen and oxygen atoms in total. The molecule has 0 aliphatic heterocycles. The van der Waals surface area contributed by atoms with Gasteiger partial charge in [0.2, 0.25) is 0 Å². The third-order valence-corrected chi connectivity index (χ3v) is 3.08. The second kappa shape index (κ2) is 5.23. The molecule has 3 N–H and O–H groups in total. The second-order valence-electron chi connectivity index (χ2n) is 3.93. The Morgan fingerprint density at radius 2 is 1.76 bits per heavy atom. The first kappa shape index (κ1) is 14.5. The van der Waals surface area contributed by atoms with Crippen LogP contribution in [0.25, 0.3) is 11.1 Å². The van der Waals surface area contributed by atoms with Crippen LogP contribution < -0.4 is 11.3 Å². The zero-order chi connectivity index (χ0) is 15.7. The van der Waals surface area contributed by atoms with Gasteiger partial charge in [-0.05, 0) is 12.1 Å². The van der Waals surface area contributed by atoms with Crippen LogP contribution in [0.3, 0.4) is 0 Å². The maximum absolute atomic E-state index is 14.0. The van der Waals surface area contributed by atoms with Crippen LogP contribution in [0.15, 0.2) is 16.9 Å². The van der Waals surface area contributed by atoms with E-state index < -0.39 is 33.9 Å². The third-order valence-electron chi connectivity index (χ3n) is 2.76. The van der Waals surface area contributed by atoms with E-state index in [9.17, 15) is 13.6 Å². The van der Waals surface area contributed by atoms with Crippen LogP contribution in [0.2, 0.25) is 5.02 Å². The van der Waals surface area contributed by atoms with Crippen LogP contribution in [-0.4, -0.2) is 4.98 Å². The number of H-pyrrole nitrogens is 1. The van der Waals surface area contributed by atoms with Crippen molar-refractivity contribution in [1.29, 1.82) is 10.5 Å². The van der Waals surface area contributed by atoms with Crippen LogP contribution in [0.5, 0.6) is 0 Å². The van der Waals surface area contributed by atoms with Gasteiger partial charge in [-0.3, -0.25) is 4.79 Å². The zero-order valence-electron chi connectivity index (χ0n) is 10.2. The maximum Gasteiger partial charge on any atom is 0.268 e. The molecule has 0 amide bonds. The minimum Gasteiger partial charge on any atom is -0.384 e.